The third-order valence-electron chi connectivity index (χ3n) is 5.20. The van der Waals surface area contributed by atoms with E-state index in [4.69, 9.17) is 11.6 Å². The molecule has 1 aliphatic carbocycles. The van der Waals surface area contributed by atoms with Crippen molar-refractivity contribution in [1.29, 1.82) is 0 Å². The number of hydrogen-bond acceptors (Lipinski definition) is 4. The predicted octanol–water partition coefficient (Wildman–Crippen LogP) is 5.13. The van der Waals surface area contributed by atoms with Crippen molar-refractivity contribution < 1.29 is 19.5 Å². The fourth-order valence-corrected chi connectivity index (χ4v) is 5.01. The molecule has 2 atom stereocenters. The fourth-order valence-electron chi connectivity index (χ4n) is 3.67. The van der Waals surface area contributed by atoms with Crippen LogP contribution in [0.1, 0.15) is 40.6 Å². The molecule has 0 fully saturated rings. The molecule has 30 heavy (non-hydrogen) atoms. The third-order valence-corrected chi connectivity index (χ3v) is 6.49. The van der Waals surface area contributed by atoms with Gasteiger partial charge in [0.15, 0.2) is 0 Å². The van der Waals surface area contributed by atoms with E-state index in [9.17, 15) is 19.5 Å². The van der Waals surface area contributed by atoms with Crippen LogP contribution in [0.5, 0.6) is 0 Å². The van der Waals surface area contributed by atoms with E-state index in [-0.39, 0.29) is 11.8 Å². The summed E-state index contributed by atoms with van der Waals surface area (Å²) in [5.41, 5.74) is 1.82. The number of nitrogens with one attached hydrogen (secondary N) is 2. The molecule has 6 nitrogen and oxygen atoms in total. The minimum atomic E-state index is -0.991. The number of aliphatic carboxylic acids is 1. The standard InChI is InChI=1S/C22H23ClN2O4S/c1-3-15-12(2)30-21(18(15)20(27)24-14-8-6-7-13(23)11-14)25-19(26)16-9-4-5-10-17(16)22(28)29/h4-8,11,16-17H,3,9-10H2,1-2H3,(H,24,27)(H,25,26)(H,28,29). The molecule has 3 N–H and O–H groups in total. The first-order chi connectivity index (χ1) is 14.3. The Hall–Kier alpha value is -2.64. The Balaban J connectivity index is 1.88. The number of hydrogen-bond donors (Lipinski definition) is 3. The van der Waals surface area contributed by atoms with Crippen molar-refractivity contribution in [3.05, 3.63) is 57.4 Å². The van der Waals surface area contributed by atoms with Crippen LogP contribution in [0, 0.1) is 18.8 Å². The normalized spacial score (nSPS) is 18.1. The molecule has 1 aromatic heterocycles. The lowest BCUT2D eigenvalue weighted by atomic mass is 9.82. The van der Waals surface area contributed by atoms with E-state index in [0.717, 1.165) is 10.4 Å². The summed E-state index contributed by atoms with van der Waals surface area (Å²) in [5, 5.41) is 16.1. The Morgan fingerprint density at radius 1 is 1.17 bits per heavy atom. The summed E-state index contributed by atoms with van der Waals surface area (Å²) in [4.78, 5) is 38.5. The van der Waals surface area contributed by atoms with E-state index >= 15 is 0 Å². The van der Waals surface area contributed by atoms with Crippen molar-refractivity contribution in [3.8, 4) is 0 Å². The second-order valence-electron chi connectivity index (χ2n) is 7.14. The number of halogens is 1. The Bertz CT molecular complexity index is 1010. The van der Waals surface area contributed by atoms with Crippen LogP contribution in [-0.4, -0.2) is 22.9 Å². The number of rotatable bonds is 6. The van der Waals surface area contributed by atoms with Gasteiger partial charge in [-0.05, 0) is 49.9 Å². The highest BCUT2D eigenvalue weighted by atomic mass is 35.5. The number of thiophene rings is 1. The van der Waals surface area contributed by atoms with Gasteiger partial charge in [-0.25, -0.2) is 0 Å². The van der Waals surface area contributed by atoms with Crippen LogP contribution in [0.4, 0.5) is 10.7 Å². The zero-order valence-corrected chi connectivity index (χ0v) is 18.3. The van der Waals surface area contributed by atoms with Crippen molar-refractivity contribution in [2.75, 3.05) is 10.6 Å². The van der Waals surface area contributed by atoms with Crippen LogP contribution in [0.3, 0.4) is 0 Å². The van der Waals surface area contributed by atoms with Gasteiger partial charge in [0.05, 0.1) is 17.4 Å². The monoisotopic (exact) mass is 446 g/mol. The molecule has 2 aromatic rings. The molecule has 2 amide bonds. The van der Waals surface area contributed by atoms with Gasteiger partial charge in [0.25, 0.3) is 5.91 Å². The van der Waals surface area contributed by atoms with Gasteiger partial charge in [0, 0.05) is 15.6 Å². The maximum atomic E-state index is 13.1. The van der Waals surface area contributed by atoms with E-state index < -0.39 is 17.8 Å². The number of carbonyl (C=O) groups excluding carboxylic acids is 2. The molecule has 1 aromatic carbocycles. The molecule has 1 aliphatic rings. The summed E-state index contributed by atoms with van der Waals surface area (Å²) in [6, 6.07) is 6.84. The van der Waals surface area contributed by atoms with Crippen molar-refractivity contribution in [2.45, 2.75) is 33.1 Å². The smallest absolute Gasteiger partial charge is 0.307 e. The molecular weight excluding hydrogens is 424 g/mol. The highest BCUT2D eigenvalue weighted by Crippen LogP contribution is 2.36. The van der Waals surface area contributed by atoms with Crippen LogP contribution < -0.4 is 10.6 Å². The number of anilines is 2. The zero-order chi connectivity index (χ0) is 21.8. The van der Waals surface area contributed by atoms with Gasteiger partial charge in [0.2, 0.25) is 5.91 Å². The number of benzene rings is 1. The summed E-state index contributed by atoms with van der Waals surface area (Å²) >= 11 is 7.33. The van der Waals surface area contributed by atoms with Crippen LogP contribution in [0.2, 0.25) is 5.02 Å². The minimum absolute atomic E-state index is 0.319. The summed E-state index contributed by atoms with van der Waals surface area (Å²) in [5.74, 6) is -3.16. The molecule has 0 bridgehead atoms. The lowest BCUT2D eigenvalue weighted by molar-refractivity contribution is -0.146. The molecule has 8 heteroatoms. The average Bonchev–Trinajstić information content (AvgIpc) is 3.02. The van der Waals surface area contributed by atoms with Gasteiger partial charge in [-0.15, -0.1) is 11.3 Å². The highest BCUT2D eigenvalue weighted by molar-refractivity contribution is 7.16. The van der Waals surface area contributed by atoms with Gasteiger partial charge in [-0.2, -0.15) is 0 Å². The first kappa shape index (κ1) is 22.1. The molecule has 0 aliphatic heterocycles. The summed E-state index contributed by atoms with van der Waals surface area (Å²) < 4.78 is 0. The first-order valence-electron chi connectivity index (χ1n) is 9.69. The summed E-state index contributed by atoms with van der Waals surface area (Å²) in [7, 11) is 0. The lowest BCUT2D eigenvalue weighted by Crippen LogP contribution is -2.35. The fraction of sp³-hybridized carbons (Fsp3) is 0.318. The van der Waals surface area contributed by atoms with Crippen LogP contribution in [-0.2, 0) is 16.0 Å². The maximum Gasteiger partial charge on any atom is 0.307 e. The average molecular weight is 447 g/mol. The summed E-state index contributed by atoms with van der Waals surface area (Å²) in [6.07, 6.45) is 4.92. The van der Waals surface area contributed by atoms with Crippen molar-refractivity contribution >= 4 is 51.4 Å². The number of carbonyl (C=O) groups is 3. The topological polar surface area (TPSA) is 95.5 Å². The Morgan fingerprint density at radius 3 is 2.50 bits per heavy atom. The maximum absolute atomic E-state index is 13.1. The predicted molar refractivity (Wildman–Crippen MR) is 119 cm³/mol. The SMILES string of the molecule is CCc1c(C)sc(NC(=O)C2CC=CCC2C(=O)O)c1C(=O)Nc1cccc(Cl)c1. The summed E-state index contributed by atoms with van der Waals surface area (Å²) in [6.45, 7) is 3.85. The molecule has 158 valence electrons. The molecule has 0 saturated carbocycles. The Kier molecular flexibility index (Phi) is 6.95. The molecule has 1 heterocycles. The van der Waals surface area contributed by atoms with Crippen molar-refractivity contribution in [1.82, 2.24) is 0 Å². The van der Waals surface area contributed by atoms with E-state index in [1.165, 1.54) is 11.3 Å². The van der Waals surface area contributed by atoms with Crippen LogP contribution >= 0.6 is 22.9 Å². The zero-order valence-electron chi connectivity index (χ0n) is 16.7. The van der Waals surface area contributed by atoms with Gasteiger partial charge < -0.3 is 15.7 Å². The van der Waals surface area contributed by atoms with Crippen molar-refractivity contribution in [2.24, 2.45) is 11.8 Å². The molecule has 0 saturated heterocycles. The second-order valence-corrected chi connectivity index (χ2v) is 8.80. The Labute approximate surface area is 183 Å². The van der Waals surface area contributed by atoms with E-state index in [2.05, 4.69) is 10.6 Å². The van der Waals surface area contributed by atoms with Gasteiger partial charge in [0.1, 0.15) is 5.00 Å². The second kappa shape index (κ2) is 9.45. The largest absolute Gasteiger partial charge is 0.481 e. The molecular formula is C22H23ClN2O4S. The Morgan fingerprint density at radius 2 is 1.87 bits per heavy atom. The van der Waals surface area contributed by atoms with E-state index in [1.54, 1.807) is 30.3 Å². The third kappa shape index (κ3) is 4.74. The van der Waals surface area contributed by atoms with E-state index in [0.29, 0.717) is 40.5 Å². The molecule has 2 unspecified atom stereocenters. The van der Waals surface area contributed by atoms with Crippen molar-refractivity contribution in [3.63, 3.8) is 0 Å². The molecule has 0 spiro atoms. The lowest BCUT2D eigenvalue weighted by Gasteiger charge is -2.24. The van der Waals surface area contributed by atoms with Gasteiger partial charge in [-0.3, -0.25) is 14.4 Å². The first-order valence-corrected chi connectivity index (χ1v) is 10.9. The number of carboxylic acids is 1. The van der Waals surface area contributed by atoms with Crippen LogP contribution in [0.25, 0.3) is 0 Å². The van der Waals surface area contributed by atoms with E-state index in [1.807, 2.05) is 19.9 Å². The van der Waals surface area contributed by atoms with Gasteiger partial charge >= 0.3 is 5.97 Å². The molecule has 3 rings (SSSR count). The highest BCUT2D eigenvalue weighted by Gasteiger charge is 2.35. The number of allylic oxidation sites excluding steroid dienone is 2. The van der Waals surface area contributed by atoms with Gasteiger partial charge in [-0.1, -0.05) is 36.7 Å². The van der Waals surface area contributed by atoms with Crippen LogP contribution in [0.15, 0.2) is 36.4 Å². The number of aryl methyl sites for hydroxylation is 1. The molecule has 0 radical (unpaired) electrons. The number of carboxylic acid groups (broad SMARTS) is 1. The minimum Gasteiger partial charge on any atom is -0.481 e. The number of amides is 2. The quantitative estimate of drug-likeness (QED) is 0.536.